The molecule has 74 valence electrons. The van der Waals surface area contributed by atoms with Gasteiger partial charge in [0.05, 0.1) is 14.2 Å². The molecular weight excluding hydrogens is 327 g/mol. The molecule has 2 rings (SSSR count). The van der Waals surface area contributed by atoms with Crippen molar-refractivity contribution in [1.29, 1.82) is 5.26 Å². The highest BCUT2D eigenvalue weighted by Crippen LogP contribution is 2.33. The molecular formula is C11H4ClFIN. The Balaban J connectivity index is 3.06. The van der Waals surface area contributed by atoms with Crippen LogP contribution in [0.4, 0.5) is 4.39 Å². The van der Waals surface area contributed by atoms with Crippen molar-refractivity contribution in [1.82, 2.24) is 0 Å². The Kier molecular flexibility index (Phi) is 2.81. The van der Waals surface area contributed by atoms with E-state index in [9.17, 15) is 4.39 Å². The van der Waals surface area contributed by atoms with Gasteiger partial charge in [-0.2, -0.15) is 5.26 Å². The van der Waals surface area contributed by atoms with E-state index in [4.69, 9.17) is 16.9 Å². The van der Waals surface area contributed by atoms with Crippen LogP contribution in [0.25, 0.3) is 10.8 Å². The van der Waals surface area contributed by atoms with Gasteiger partial charge < -0.3 is 0 Å². The Bertz CT molecular complexity index is 589. The van der Waals surface area contributed by atoms with Gasteiger partial charge in [-0.25, -0.2) is 4.39 Å². The number of fused-ring (bicyclic) bond motifs is 1. The van der Waals surface area contributed by atoms with Gasteiger partial charge in [-0.15, -0.1) is 0 Å². The van der Waals surface area contributed by atoms with Gasteiger partial charge >= 0.3 is 0 Å². The number of benzene rings is 2. The van der Waals surface area contributed by atoms with E-state index in [2.05, 4.69) is 0 Å². The van der Waals surface area contributed by atoms with E-state index in [0.29, 0.717) is 16.3 Å². The summed E-state index contributed by atoms with van der Waals surface area (Å²) in [6.45, 7) is 0. The van der Waals surface area contributed by atoms with Crippen LogP contribution < -0.4 is 0 Å². The first-order chi connectivity index (χ1) is 7.16. The van der Waals surface area contributed by atoms with Gasteiger partial charge in [0.2, 0.25) is 0 Å². The summed E-state index contributed by atoms with van der Waals surface area (Å²) in [7, 11) is 0. The quantitative estimate of drug-likeness (QED) is 0.526. The molecule has 2 aromatic carbocycles. The van der Waals surface area contributed by atoms with E-state index in [-0.39, 0.29) is 8.59 Å². The number of nitrogens with zero attached hydrogens (tertiary/aromatic N) is 1. The van der Waals surface area contributed by atoms with Gasteiger partial charge in [0.25, 0.3) is 0 Å². The molecule has 0 spiro atoms. The number of hydrogen-bond acceptors (Lipinski definition) is 1. The minimum atomic E-state index is -0.521. The van der Waals surface area contributed by atoms with Crippen molar-refractivity contribution < 1.29 is 4.39 Å². The lowest BCUT2D eigenvalue weighted by atomic mass is 10.1. The third kappa shape index (κ3) is 1.58. The zero-order chi connectivity index (χ0) is 11.0. The van der Waals surface area contributed by atoms with Crippen molar-refractivity contribution in [2.24, 2.45) is 0 Å². The smallest absolute Gasteiger partial charge is 0.157 e. The fourth-order valence-corrected chi connectivity index (χ4v) is 2.54. The van der Waals surface area contributed by atoms with Crippen LogP contribution >= 0.6 is 34.2 Å². The summed E-state index contributed by atoms with van der Waals surface area (Å²) in [5.74, 6) is -0.521. The highest BCUT2D eigenvalue weighted by molar-refractivity contribution is 14.1. The van der Waals surface area contributed by atoms with Crippen molar-refractivity contribution >= 4 is 45.0 Å². The molecule has 0 aliphatic rings. The van der Waals surface area contributed by atoms with Gasteiger partial charge in [-0.3, -0.25) is 0 Å². The highest BCUT2D eigenvalue weighted by Gasteiger charge is 2.15. The van der Waals surface area contributed by atoms with E-state index < -0.39 is 5.82 Å². The molecule has 0 heterocycles. The lowest BCUT2D eigenvalue weighted by molar-refractivity contribution is 0.622. The van der Waals surface area contributed by atoms with Crippen LogP contribution in [0.5, 0.6) is 0 Å². The zero-order valence-electron chi connectivity index (χ0n) is 7.39. The van der Waals surface area contributed by atoms with Crippen LogP contribution in [-0.2, 0) is 0 Å². The molecule has 1 nitrogen and oxygen atoms in total. The van der Waals surface area contributed by atoms with Crippen LogP contribution in [-0.4, -0.2) is 0 Å². The van der Waals surface area contributed by atoms with Gasteiger partial charge in [-0.1, -0.05) is 35.9 Å². The lowest BCUT2D eigenvalue weighted by Crippen LogP contribution is -1.92. The molecule has 0 aliphatic heterocycles. The first-order valence-corrected chi connectivity index (χ1v) is 5.57. The summed E-state index contributed by atoms with van der Waals surface area (Å²) in [5.41, 5.74) is 0.341. The second-order valence-corrected chi connectivity index (χ2v) is 4.43. The molecule has 0 saturated heterocycles. The normalized spacial score (nSPS) is 10.3. The van der Waals surface area contributed by atoms with Gasteiger partial charge in [0, 0.05) is 10.8 Å². The zero-order valence-corrected chi connectivity index (χ0v) is 10.3. The van der Waals surface area contributed by atoms with Crippen LogP contribution in [0.1, 0.15) is 5.56 Å². The molecule has 2 aromatic rings. The summed E-state index contributed by atoms with van der Waals surface area (Å²) in [5, 5.41) is 10.3. The van der Waals surface area contributed by atoms with Gasteiger partial charge in [0.15, 0.2) is 5.82 Å². The molecule has 0 aromatic heterocycles. The Morgan fingerprint density at radius 1 is 1.27 bits per heavy atom. The standard InChI is InChI=1S/C11H4ClFIN/c12-9-7-4-2-1-3-6(7)8(5-15)11(14)10(9)13/h1-4H. The summed E-state index contributed by atoms with van der Waals surface area (Å²) < 4.78 is 13.9. The number of nitriles is 1. The first kappa shape index (κ1) is 10.7. The molecule has 0 N–H and O–H groups in total. The van der Waals surface area contributed by atoms with Crippen LogP contribution in [0.3, 0.4) is 0 Å². The Morgan fingerprint density at radius 2 is 1.87 bits per heavy atom. The predicted octanol–water partition coefficient (Wildman–Crippen LogP) is 4.11. The molecule has 0 atom stereocenters. The summed E-state index contributed by atoms with van der Waals surface area (Å²) in [4.78, 5) is 0. The maximum atomic E-state index is 13.6. The van der Waals surface area contributed by atoms with Gasteiger partial charge in [0.1, 0.15) is 6.07 Å². The lowest BCUT2D eigenvalue weighted by Gasteiger charge is -2.06. The van der Waals surface area contributed by atoms with Crippen LogP contribution in [0.2, 0.25) is 5.02 Å². The van der Waals surface area contributed by atoms with Crippen molar-refractivity contribution in [3.05, 3.63) is 44.2 Å². The third-order valence-corrected chi connectivity index (χ3v) is 3.53. The largest absolute Gasteiger partial charge is 0.204 e. The van der Waals surface area contributed by atoms with E-state index in [1.165, 1.54) is 0 Å². The number of rotatable bonds is 0. The molecule has 0 radical (unpaired) electrons. The Labute approximate surface area is 105 Å². The third-order valence-electron chi connectivity index (χ3n) is 2.15. The van der Waals surface area contributed by atoms with Crippen molar-refractivity contribution in [2.45, 2.75) is 0 Å². The minimum absolute atomic E-state index is 0.0778. The molecule has 4 heteroatoms. The topological polar surface area (TPSA) is 23.8 Å². The Morgan fingerprint density at radius 3 is 2.47 bits per heavy atom. The monoisotopic (exact) mass is 331 g/mol. The maximum Gasteiger partial charge on any atom is 0.157 e. The van der Waals surface area contributed by atoms with Crippen molar-refractivity contribution in [2.75, 3.05) is 0 Å². The molecule has 0 aliphatic carbocycles. The highest BCUT2D eigenvalue weighted by atomic mass is 127. The van der Waals surface area contributed by atoms with E-state index >= 15 is 0 Å². The number of hydrogen-bond donors (Lipinski definition) is 0. The second-order valence-electron chi connectivity index (χ2n) is 2.97. The summed E-state index contributed by atoms with van der Waals surface area (Å²) in [6, 6.07) is 9.04. The molecule has 15 heavy (non-hydrogen) atoms. The van der Waals surface area contributed by atoms with Crippen LogP contribution in [0, 0.1) is 20.7 Å². The van der Waals surface area contributed by atoms with Gasteiger partial charge in [-0.05, 0) is 22.6 Å². The molecule has 0 fully saturated rings. The fraction of sp³-hybridized carbons (Fsp3) is 0. The molecule has 0 amide bonds. The molecule has 0 unspecified atom stereocenters. The maximum absolute atomic E-state index is 13.6. The molecule has 0 saturated carbocycles. The van der Waals surface area contributed by atoms with Crippen LogP contribution in [0.15, 0.2) is 24.3 Å². The second kappa shape index (κ2) is 3.95. The summed E-state index contributed by atoms with van der Waals surface area (Å²) in [6.07, 6.45) is 0. The van der Waals surface area contributed by atoms with E-state index in [1.807, 2.05) is 6.07 Å². The SMILES string of the molecule is N#Cc1c(I)c(F)c(Cl)c2ccccc12. The molecule has 0 bridgehead atoms. The van der Waals surface area contributed by atoms with Crippen molar-refractivity contribution in [3.8, 4) is 6.07 Å². The van der Waals surface area contributed by atoms with Crippen molar-refractivity contribution in [3.63, 3.8) is 0 Å². The average Bonchev–Trinajstić information content (AvgIpc) is 2.27. The average molecular weight is 332 g/mol. The summed E-state index contributed by atoms with van der Waals surface area (Å²) >= 11 is 7.67. The Hall–Kier alpha value is -0.860. The minimum Gasteiger partial charge on any atom is -0.204 e. The first-order valence-electron chi connectivity index (χ1n) is 4.12. The number of halogens is 3. The fourth-order valence-electron chi connectivity index (χ4n) is 1.44. The predicted molar refractivity (Wildman–Crippen MR) is 66.3 cm³/mol. The van der Waals surface area contributed by atoms with E-state index in [0.717, 1.165) is 0 Å². The van der Waals surface area contributed by atoms with E-state index in [1.54, 1.807) is 46.9 Å².